The van der Waals surface area contributed by atoms with Crippen LogP contribution in [-0.4, -0.2) is 31.4 Å². The van der Waals surface area contributed by atoms with Crippen LogP contribution >= 0.6 is 11.8 Å². The Morgan fingerprint density at radius 3 is 3.05 bits per heavy atom. The average molecular weight is 290 g/mol. The number of hydrogen-bond acceptors (Lipinski definition) is 6. The SMILES string of the molecule is CSc1nc2oc3c(c2c2nncn12)CC(C)(C)OC3. The van der Waals surface area contributed by atoms with Crippen LogP contribution in [-0.2, 0) is 17.8 Å². The Hall–Kier alpha value is -1.60. The maximum absolute atomic E-state index is 5.87. The smallest absolute Gasteiger partial charge is 0.232 e. The van der Waals surface area contributed by atoms with Crippen molar-refractivity contribution in [1.82, 2.24) is 19.6 Å². The summed E-state index contributed by atoms with van der Waals surface area (Å²) >= 11 is 1.54. The van der Waals surface area contributed by atoms with Crippen LogP contribution in [0.1, 0.15) is 25.2 Å². The van der Waals surface area contributed by atoms with Gasteiger partial charge < -0.3 is 9.15 Å². The molecule has 0 radical (unpaired) electrons. The molecule has 3 aromatic rings. The molecule has 0 aliphatic carbocycles. The van der Waals surface area contributed by atoms with E-state index in [4.69, 9.17) is 9.15 Å². The average Bonchev–Trinajstić information content (AvgIpc) is 2.99. The lowest BCUT2D eigenvalue weighted by atomic mass is 9.94. The molecule has 1 aliphatic rings. The van der Waals surface area contributed by atoms with E-state index in [0.29, 0.717) is 12.3 Å². The highest BCUT2D eigenvalue weighted by molar-refractivity contribution is 7.98. The van der Waals surface area contributed by atoms with Crippen LogP contribution in [0.5, 0.6) is 0 Å². The molecule has 0 bridgehead atoms. The van der Waals surface area contributed by atoms with E-state index in [0.717, 1.165) is 33.9 Å². The van der Waals surface area contributed by atoms with Crippen LogP contribution < -0.4 is 0 Å². The van der Waals surface area contributed by atoms with Crippen molar-refractivity contribution in [1.29, 1.82) is 0 Å². The first-order valence-corrected chi connectivity index (χ1v) is 7.63. The fourth-order valence-corrected chi connectivity index (χ4v) is 3.18. The van der Waals surface area contributed by atoms with Gasteiger partial charge in [0.05, 0.1) is 11.0 Å². The summed E-state index contributed by atoms with van der Waals surface area (Å²) in [6, 6.07) is 0. The first-order valence-electron chi connectivity index (χ1n) is 6.41. The van der Waals surface area contributed by atoms with Crippen LogP contribution in [0, 0.1) is 0 Å². The summed E-state index contributed by atoms with van der Waals surface area (Å²) in [5.41, 5.74) is 2.39. The molecule has 0 unspecified atom stereocenters. The summed E-state index contributed by atoms with van der Waals surface area (Å²) in [7, 11) is 0. The van der Waals surface area contributed by atoms with Crippen molar-refractivity contribution in [2.24, 2.45) is 0 Å². The second kappa shape index (κ2) is 3.95. The standard InChI is InChI=1S/C13H14N4O2S/c1-13(2)4-7-8(5-18-13)19-11-9(7)10-16-14-6-17(10)12(15-11)20-3/h6H,4-5H2,1-3H3. The zero-order valence-electron chi connectivity index (χ0n) is 11.5. The second-order valence-electron chi connectivity index (χ2n) is 5.53. The van der Waals surface area contributed by atoms with E-state index in [9.17, 15) is 0 Å². The number of hydrogen-bond donors (Lipinski definition) is 0. The zero-order chi connectivity index (χ0) is 13.9. The Balaban J connectivity index is 2.09. The molecule has 4 rings (SSSR count). The van der Waals surface area contributed by atoms with Crippen LogP contribution in [0.3, 0.4) is 0 Å². The number of rotatable bonds is 1. The minimum Gasteiger partial charge on any atom is -0.440 e. The van der Waals surface area contributed by atoms with E-state index < -0.39 is 0 Å². The molecular weight excluding hydrogens is 276 g/mol. The highest BCUT2D eigenvalue weighted by atomic mass is 32.2. The summed E-state index contributed by atoms with van der Waals surface area (Å²) in [6.07, 6.45) is 4.46. The molecule has 0 N–H and O–H groups in total. The zero-order valence-corrected chi connectivity index (χ0v) is 12.3. The number of aromatic nitrogens is 4. The number of nitrogens with zero attached hydrogens (tertiary/aromatic N) is 4. The number of furan rings is 1. The Morgan fingerprint density at radius 1 is 1.40 bits per heavy atom. The van der Waals surface area contributed by atoms with E-state index >= 15 is 0 Å². The van der Waals surface area contributed by atoms with Crippen molar-refractivity contribution in [3.8, 4) is 0 Å². The van der Waals surface area contributed by atoms with Gasteiger partial charge >= 0.3 is 0 Å². The minimum absolute atomic E-state index is 0.195. The lowest BCUT2D eigenvalue weighted by molar-refractivity contribution is -0.0476. The third-order valence-corrected chi connectivity index (χ3v) is 4.28. The summed E-state index contributed by atoms with van der Waals surface area (Å²) in [5, 5.41) is 10.0. The van der Waals surface area contributed by atoms with Gasteiger partial charge in [0.15, 0.2) is 10.8 Å². The summed E-state index contributed by atoms with van der Waals surface area (Å²) in [6.45, 7) is 4.65. The minimum atomic E-state index is -0.195. The summed E-state index contributed by atoms with van der Waals surface area (Å²) in [5.74, 6) is 0.856. The van der Waals surface area contributed by atoms with Gasteiger partial charge in [-0.2, -0.15) is 4.98 Å². The summed E-state index contributed by atoms with van der Waals surface area (Å²) < 4.78 is 13.6. The summed E-state index contributed by atoms with van der Waals surface area (Å²) in [4.78, 5) is 4.57. The van der Waals surface area contributed by atoms with Gasteiger partial charge in [-0.25, -0.2) is 0 Å². The predicted octanol–water partition coefficient (Wildman–Crippen LogP) is 2.44. The molecule has 0 saturated carbocycles. The Morgan fingerprint density at radius 2 is 2.25 bits per heavy atom. The van der Waals surface area contributed by atoms with Crippen LogP contribution in [0.4, 0.5) is 0 Å². The molecule has 4 heterocycles. The van der Waals surface area contributed by atoms with Gasteiger partial charge in [-0.05, 0) is 20.1 Å². The maximum Gasteiger partial charge on any atom is 0.232 e. The fourth-order valence-electron chi connectivity index (χ4n) is 2.68. The monoisotopic (exact) mass is 290 g/mol. The molecule has 0 fully saturated rings. The number of fused-ring (bicyclic) bond motifs is 5. The highest BCUT2D eigenvalue weighted by Gasteiger charge is 2.32. The molecule has 0 saturated heterocycles. The van der Waals surface area contributed by atoms with Gasteiger partial charge in [-0.3, -0.25) is 4.40 Å². The molecule has 20 heavy (non-hydrogen) atoms. The quantitative estimate of drug-likeness (QED) is 0.506. The van der Waals surface area contributed by atoms with E-state index in [1.807, 2.05) is 10.7 Å². The molecule has 0 atom stereocenters. The first kappa shape index (κ1) is 12.2. The van der Waals surface area contributed by atoms with Gasteiger partial charge in [0.1, 0.15) is 18.7 Å². The third-order valence-electron chi connectivity index (χ3n) is 3.63. The van der Waals surface area contributed by atoms with Crippen molar-refractivity contribution >= 4 is 28.5 Å². The molecule has 3 aromatic heterocycles. The lowest BCUT2D eigenvalue weighted by Gasteiger charge is -2.29. The lowest BCUT2D eigenvalue weighted by Crippen LogP contribution is -2.31. The Bertz CT molecular complexity index is 821. The molecule has 0 aromatic carbocycles. The van der Waals surface area contributed by atoms with Crippen LogP contribution in [0.2, 0.25) is 0 Å². The number of ether oxygens (including phenoxy) is 1. The highest BCUT2D eigenvalue weighted by Crippen LogP contribution is 2.37. The van der Waals surface area contributed by atoms with Crippen molar-refractivity contribution in [2.45, 2.75) is 37.6 Å². The van der Waals surface area contributed by atoms with Crippen LogP contribution in [0.25, 0.3) is 16.7 Å². The molecule has 7 heteroatoms. The molecule has 1 aliphatic heterocycles. The molecule has 0 amide bonds. The van der Waals surface area contributed by atoms with E-state index in [1.54, 1.807) is 18.1 Å². The van der Waals surface area contributed by atoms with Crippen molar-refractivity contribution < 1.29 is 9.15 Å². The van der Waals surface area contributed by atoms with E-state index in [2.05, 4.69) is 29.0 Å². The normalized spacial score (nSPS) is 17.8. The van der Waals surface area contributed by atoms with Gasteiger partial charge in [0.2, 0.25) is 5.71 Å². The van der Waals surface area contributed by atoms with Crippen molar-refractivity contribution in [3.63, 3.8) is 0 Å². The molecular formula is C13H14N4O2S. The Labute approximate surface area is 119 Å². The van der Waals surface area contributed by atoms with E-state index in [-0.39, 0.29) is 5.60 Å². The number of thioether (sulfide) groups is 1. The van der Waals surface area contributed by atoms with Gasteiger partial charge in [0.25, 0.3) is 0 Å². The second-order valence-corrected chi connectivity index (χ2v) is 6.31. The predicted molar refractivity (Wildman–Crippen MR) is 74.9 cm³/mol. The van der Waals surface area contributed by atoms with Crippen LogP contribution in [0.15, 0.2) is 15.9 Å². The largest absolute Gasteiger partial charge is 0.440 e. The first-order chi connectivity index (χ1) is 9.59. The molecule has 6 nitrogen and oxygen atoms in total. The molecule has 0 spiro atoms. The van der Waals surface area contributed by atoms with Gasteiger partial charge in [-0.1, -0.05) is 11.8 Å². The molecule has 104 valence electrons. The van der Waals surface area contributed by atoms with Crippen molar-refractivity contribution in [3.05, 3.63) is 17.7 Å². The fraction of sp³-hybridized carbons (Fsp3) is 0.462. The van der Waals surface area contributed by atoms with Crippen molar-refractivity contribution in [2.75, 3.05) is 6.26 Å². The van der Waals surface area contributed by atoms with Gasteiger partial charge in [-0.15, -0.1) is 10.2 Å². The maximum atomic E-state index is 5.87. The van der Waals surface area contributed by atoms with E-state index in [1.165, 1.54) is 0 Å². The topological polar surface area (TPSA) is 65.5 Å². The third kappa shape index (κ3) is 1.59. The van der Waals surface area contributed by atoms with Gasteiger partial charge in [0, 0.05) is 12.0 Å². The Kier molecular flexibility index (Phi) is 2.41.